The number of hydrogen-bond donors (Lipinski definition) is 0. The molecule has 0 saturated heterocycles. The number of ether oxygens (including phenoxy) is 1. The van der Waals surface area contributed by atoms with Crippen molar-refractivity contribution >= 4 is 5.78 Å². The van der Waals surface area contributed by atoms with Crippen LogP contribution in [0.4, 0.5) is 0 Å². The Morgan fingerprint density at radius 2 is 2.21 bits per heavy atom. The van der Waals surface area contributed by atoms with E-state index in [9.17, 15) is 4.79 Å². The smallest absolute Gasteiger partial charge is 0.162 e. The van der Waals surface area contributed by atoms with Crippen LogP contribution in [0.25, 0.3) is 0 Å². The van der Waals surface area contributed by atoms with Crippen molar-refractivity contribution in [3.05, 3.63) is 11.3 Å². The summed E-state index contributed by atoms with van der Waals surface area (Å²) in [6.45, 7) is 4.30. The number of rotatable bonds is 1. The van der Waals surface area contributed by atoms with Crippen molar-refractivity contribution in [1.82, 2.24) is 0 Å². The maximum Gasteiger partial charge on any atom is 0.162 e. The molecule has 14 heavy (non-hydrogen) atoms. The van der Waals surface area contributed by atoms with Gasteiger partial charge in [-0.3, -0.25) is 4.79 Å². The van der Waals surface area contributed by atoms with Crippen LogP contribution in [0.3, 0.4) is 0 Å². The Hall–Kier alpha value is -0.790. The zero-order valence-corrected chi connectivity index (χ0v) is 9.01. The Balaban J connectivity index is 2.26. The number of allylic oxidation sites excluding steroid dienone is 2. The summed E-state index contributed by atoms with van der Waals surface area (Å²) in [6, 6.07) is 0. The van der Waals surface area contributed by atoms with Gasteiger partial charge in [-0.25, -0.2) is 0 Å². The largest absolute Gasteiger partial charge is 0.494 e. The summed E-state index contributed by atoms with van der Waals surface area (Å²) in [4.78, 5) is 11.7. The molecule has 2 nitrogen and oxygen atoms in total. The quantitative estimate of drug-likeness (QED) is 0.641. The molecule has 0 fully saturated rings. The molecule has 0 N–H and O–H groups in total. The number of Topliss-reactive ketones (excluding diaryl/α,β-unsaturated/α-hetero) is 1. The first kappa shape index (κ1) is 9.75. The lowest BCUT2D eigenvalue weighted by molar-refractivity contribution is -0.118. The highest BCUT2D eigenvalue weighted by atomic mass is 16.5. The fraction of sp³-hybridized carbons (Fsp3) is 0.750. The third-order valence-electron chi connectivity index (χ3n) is 3.28. The minimum absolute atomic E-state index is 0.327. The molecule has 1 heterocycles. The Bertz CT molecular complexity index is 278. The first-order valence-corrected chi connectivity index (χ1v) is 5.65. The molecule has 1 aliphatic carbocycles. The van der Waals surface area contributed by atoms with E-state index in [2.05, 4.69) is 13.8 Å². The fourth-order valence-electron chi connectivity index (χ4n) is 2.52. The Labute approximate surface area is 85.3 Å². The van der Waals surface area contributed by atoms with Gasteiger partial charge < -0.3 is 4.74 Å². The van der Waals surface area contributed by atoms with Gasteiger partial charge in [0.1, 0.15) is 5.76 Å². The van der Waals surface area contributed by atoms with E-state index in [0.717, 1.165) is 43.4 Å². The summed E-state index contributed by atoms with van der Waals surface area (Å²) < 4.78 is 5.84. The van der Waals surface area contributed by atoms with Crippen molar-refractivity contribution < 1.29 is 9.53 Å². The number of ketones is 1. The predicted molar refractivity (Wildman–Crippen MR) is 54.8 cm³/mol. The van der Waals surface area contributed by atoms with Gasteiger partial charge in [-0.1, -0.05) is 13.8 Å². The third-order valence-corrected chi connectivity index (χ3v) is 3.28. The van der Waals surface area contributed by atoms with Gasteiger partial charge in [-0.05, 0) is 25.2 Å². The Morgan fingerprint density at radius 3 is 2.93 bits per heavy atom. The van der Waals surface area contributed by atoms with Crippen LogP contribution in [0, 0.1) is 5.92 Å². The molecule has 1 aliphatic heterocycles. The van der Waals surface area contributed by atoms with Gasteiger partial charge in [-0.15, -0.1) is 0 Å². The molecule has 0 aromatic heterocycles. The zero-order chi connectivity index (χ0) is 10.1. The molecule has 0 bridgehead atoms. The summed E-state index contributed by atoms with van der Waals surface area (Å²) in [6.07, 6.45) is 5.08. The summed E-state index contributed by atoms with van der Waals surface area (Å²) in [5, 5.41) is 0. The molecule has 0 aromatic carbocycles. The molecule has 78 valence electrons. The van der Waals surface area contributed by atoms with Gasteiger partial charge >= 0.3 is 0 Å². The van der Waals surface area contributed by atoms with Crippen LogP contribution >= 0.6 is 0 Å². The van der Waals surface area contributed by atoms with Gasteiger partial charge in [0.15, 0.2) is 5.78 Å². The average molecular weight is 194 g/mol. The monoisotopic (exact) mass is 194 g/mol. The average Bonchev–Trinajstić information content (AvgIpc) is 2.17. The van der Waals surface area contributed by atoms with E-state index in [1.54, 1.807) is 0 Å². The van der Waals surface area contributed by atoms with Crippen LogP contribution < -0.4 is 0 Å². The maximum absolute atomic E-state index is 11.7. The minimum Gasteiger partial charge on any atom is -0.494 e. The first-order chi connectivity index (χ1) is 6.72. The van der Waals surface area contributed by atoms with Crippen LogP contribution in [0.15, 0.2) is 11.3 Å². The Morgan fingerprint density at radius 1 is 1.43 bits per heavy atom. The van der Waals surface area contributed by atoms with E-state index in [-0.39, 0.29) is 0 Å². The summed E-state index contributed by atoms with van der Waals surface area (Å²) in [5.41, 5.74) is 1.00. The molecule has 0 radical (unpaired) electrons. The lowest BCUT2D eigenvalue weighted by Crippen LogP contribution is -2.29. The lowest BCUT2D eigenvalue weighted by Gasteiger charge is -2.34. The van der Waals surface area contributed by atoms with E-state index >= 15 is 0 Å². The molecule has 0 saturated carbocycles. The minimum atomic E-state index is 0.327. The molecule has 0 aromatic rings. The highest BCUT2D eigenvalue weighted by Gasteiger charge is 2.32. The summed E-state index contributed by atoms with van der Waals surface area (Å²) >= 11 is 0. The van der Waals surface area contributed by atoms with Crippen molar-refractivity contribution in [1.29, 1.82) is 0 Å². The van der Waals surface area contributed by atoms with Gasteiger partial charge in [0.25, 0.3) is 0 Å². The molecule has 2 aliphatic rings. The van der Waals surface area contributed by atoms with Crippen molar-refractivity contribution in [2.24, 2.45) is 5.92 Å². The van der Waals surface area contributed by atoms with Crippen LogP contribution in [-0.2, 0) is 9.53 Å². The highest BCUT2D eigenvalue weighted by molar-refractivity contribution is 5.97. The molecule has 2 rings (SSSR count). The molecule has 0 spiro atoms. The van der Waals surface area contributed by atoms with E-state index < -0.39 is 0 Å². The first-order valence-electron chi connectivity index (χ1n) is 5.65. The number of hydrogen-bond acceptors (Lipinski definition) is 2. The van der Waals surface area contributed by atoms with Gasteiger partial charge in [0, 0.05) is 18.4 Å². The predicted octanol–water partition coefficient (Wildman–Crippen LogP) is 2.83. The Kier molecular flexibility index (Phi) is 2.62. The summed E-state index contributed by atoms with van der Waals surface area (Å²) in [7, 11) is 0. The molecule has 0 unspecified atom stereocenters. The van der Waals surface area contributed by atoms with E-state index in [1.165, 1.54) is 0 Å². The molecular formula is C12H18O2. The van der Waals surface area contributed by atoms with Crippen LogP contribution in [0.1, 0.15) is 46.0 Å². The molecule has 2 heteroatoms. The summed E-state index contributed by atoms with van der Waals surface area (Å²) in [5.74, 6) is 1.75. The van der Waals surface area contributed by atoms with Crippen LogP contribution in [0.5, 0.6) is 0 Å². The molecule has 0 amide bonds. The normalized spacial score (nSPS) is 32.6. The molecule has 2 atom stereocenters. The van der Waals surface area contributed by atoms with Crippen molar-refractivity contribution in [2.75, 3.05) is 0 Å². The van der Waals surface area contributed by atoms with E-state index in [4.69, 9.17) is 4.74 Å². The standard InChI is InChI=1S/C12H18O2/c1-3-9-7-8(2)12-10(13)5-4-6-11(12)14-9/h8-9H,3-7H2,1-2H3/t8-,9+/m1/s1. The number of carbonyl (C=O) groups excluding carboxylic acids is 1. The van der Waals surface area contributed by atoms with Crippen LogP contribution in [0.2, 0.25) is 0 Å². The fourth-order valence-corrected chi connectivity index (χ4v) is 2.52. The number of carbonyl (C=O) groups is 1. The second-order valence-electron chi connectivity index (χ2n) is 4.40. The highest BCUT2D eigenvalue weighted by Crippen LogP contribution is 2.36. The third kappa shape index (κ3) is 1.58. The maximum atomic E-state index is 11.7. The van der Waals surface area contributed by atoms with Crippen molar-refractivity contribution in [2.45, 2.75) is 52.1 Å². The van der Waals surface area contributed by atoms with E-state index in [0.29, 0.717) is 17.8 Å². The van der Waals surface area contributed by atoms with Crippen molar-refractivity contribution in [3.63, 3.8) is 0 Å². The molecular weight excluding hydrogens is 176 g/mol. The van der Waals surface area contributed by atoms with Gasteiger partial charge in [0.2, 0.25) is 0 Å². The van der Waals surface area contributed by atoms with Crippen LogP contribution in [-0.4, -0.2) is 11.9 Å². The second kappa shape index (κ2) is 3.76. The SMILES string of the molecule is CC[C@H]1C[C@@H](C)C2=C(CCCC2=O)O1. The van der Waals surface area contributed by atoms with Gasteiger partial charge in [-0.2, -0.15) is 0 Å². The zero-order valence-electron chi connectivity index (χ0n) is 9.01. The van der Waals surface area contributed by atoms with E-state index in [1.807, 2.05) is 0 Å². The topological polar surface area (TPSA) is 26.3 Å². The second-order valence-corrected chi connectivity index (χ2v) is 4.40. The van der Waals surface area contributed by atoms with Gasteiger partial charge in [0.05, 0.1) is 6.10 Å². The lowest BCUT2D eigenvalue weighted by atomic mass is 9.82. The van der Waals surface area contributed by atoms with Crippen molar-refractivity contribution in [3.8, 4) is 0 Å².